The molecular weight excluding hydrogens is 1610 g/mol. The van der Waals surface area contributed by atoms with Gasteiger partial charge in [0, 0.05) is 97.6 Å². The first-order valence-corrected chi connectivity index (χ1v) is 48.1. The molecule has 10 aromatic rings. The number of aromatic hydroxyl groups is 3. The Morgan fingerprint density at radius 1 is 0.215 bits per heavy atom. The number of hydrogen-bond donors (Lipinski definition) is 3. The van der Waals surface area contributed by atoms with Crippen molar-refractivity contribution in [2.75, 3.05) is 32.7 Å². The third-order valence-electron chi connectivity index (χ3n) is 29.3. The molecule has 10 atom stereocenters. The number of benzene rings is 10. The molecule has 130 heavy (non-hydrogen) atoms. The number of nitrogens with zero attached hydrogens (tertiary/aromatic N) is 10. The summed E-state index contributed by atoms with van der Waals surface area (Å²) in [5.41, 5.74) is 20.0. The summed E-state index contributed by atoms with van der Waals surface area (Å²) in [5.74, 6) is 2.43. The number of carbonyl (C=O) groups is 5. The molecule has 10 saturated heterocycles. The fraction of sp³-hybridized carbons (Fsp3) is 0.420. The number of rotatable bonds is 20. The largest absolute Gasteiger partial charge is 0.508 e. The van der Waals surface area contributed by atoms with Crippen LogP contribution in [-0.4, -0.2) is 188 Å². The first-order chi connectivity index (χ1) is 63.2. The summed E-state index contributed by atoms with van der Waals surface area (Å²) in [6, 6.07) is 82.6. The molecule has 10 aromatic carbocycles. The molecule has 680 valence electrons. The van der Waals surface area contributed by atoms with E-state index in [0.29, 0.717) is 61.8 Å². The third-order valence-corrected chi connectivity index (χ3v) is 29.3. The lowest BCUT2D eigenvalue weighted by atomic mass is 10.0. The number of hydrogen-bond acceptors (Lipinski definition) is 13. The standard InChI is InChI=1S/2C23H28N2O.3C22H26N2O2/c2*1-17-11-12-20(14-18(17)2)15-22-24-13-7-6-10-21(24)23(26)25(22)16-19-8-4-3-5-9-19;2*1-16-13-18(10-11-20(16)25)14-21-23-12-6-5-9-19(23)22(26)24(21)15-17-7-3-2-4-8-17;1-16-10-11-18(13-20(16)25)14-21-23-12-6-5-9-19(23)22(26)24(21)15-17-7-3-2-4-8-17/h2*3-5,8-9,11-12,14,21-22H,6-7,10,13,15-16H2,1-2H3;3*2-4,7-8,10-11,13,19,21,25H,5-6,9,12,14-15H2,1H3/t2*21?,22-;3*19?,21-/m10101/s1. The van der Waals surface area contributed by atoms with Gasteiger partial charge in [0.15, 0.2) is 0 Å². The van der Waals surface area contributed by atoms with Gasteiger partial charge >= 0.3 is 0 Å². The zero-order valence-electron chi connectivity index (χ0n) is 77.4. The Labute approximate surface area is 771 Å². The van der Waals surface area contributed by atoms with Crippen LogP contribution < -0.4 is 0 Å². The number of piperidine rings is 5. The summed E-state index contributed by atoms with van der Waals surface area (Å²) in [5, 5.41) is 29.7. The van der Waals surface area contributed by atoms with Gasteiger partial charge in [0.25, 0.3) is 0 Å². The van der Waals surface area contributed by atoms with Crippen LogP contribution in [-0.2, 0) is 88.8 Å². The van der Waals surface area contributed by atoms with E-state index in [9.17, 15) is 39.3 Å². The quantitative estimate of drug-likeness (QED) is 0.0657. The molecule has 0 bridgehead atoms. The van der Waals surface area contributed by atoms with Crippen LogP contribution in [0.15, 0.2) is 243 Å². The van der Waals surface area contributed by atoms with Crippen LogP contribution in [0.2, 0.25) is 0 Å². The lowest BCUT2D eigenvalue weighted by Gasteiger charge is -2.33. The van der Waals surface area contributed by atoms with Gasteiger partial charge in [-0.25, -0.2) is 0 Å². The van der Waals surface area contributed by atoms with Crippen molar-refractivity contribution >= 4 is 29.5 Å². The average Bonchev–Trinajstić information content (AvgIpc) is 1.65. The molecule has 10 aliphatic rings. The molecule has 18 nitrogen and oxygen atoms in total. The van der Waals surface area contributed by atoms with Crippen LogP contribution in [0, 0.1) is 48.5 Å². The summed E-state index contributed by atoms with van der Waals surface area (Å²) in [6.45, 7) is 22.8. The van der Waals surface area contributed by atoms with Gasteiger partial charge in [-0.05, 0) is 225 Å². The molecule has 10 fully saturated rings. The van der Waals surface area contributed by atoms with Crippen molar-refractivity contribution in [1.82, 2.24) is 49.0 Å². The number of amides is 5. The Morgan fingerprint density at radius 3 is 0.638 bits per heavy atom. The molecule has 10 heterocycles. The van der Waals surface area contributed by atoms with Crippen LogP contribution in [0.4, 0.5) is 0 Å². The van der Waals surface area contributed by atoms with Crippen molar-refractivity contribution in [3.05, 3.63) is 337 Å². The highest BCUT2D eigenvalue weighted by molar-refractivity contribution is 5.87. The van der Waals surface area contributed by atoms with Crippen LogP contribution in [0.1, 0.15) is 191 Å². The summed E-state index contributed by atoms with van der Waals surface area (Å²) >= 11 is 0. The topological polar surface area (TPSA) is 178 Å². The lowest BCUT2D eigenvalue weighted by molar-refractivity contribution is -0.131. The summed E-state index contributed by atoms with van der Waals surface area (Å²) < 4.78 is 0. The van der Waals surface area contributed by atoms with Crippen molar-refractivity contribution in [3.8, 4) is 17.2 Å². The predicted molar refractivity (Wildman–Crippen MR) is 515 cm³/mol. The Hall–Kier alpha value is -11.3. The third kappa shape index (κ3) is 21.7. The van der Waals surface area contributed by atoms with E-state index in [-0.39, 0.29) is 78.8 Å². The van der Waals surface area contributed by atoms with E-state index in [4.69, 9.17) is 0 Å². The first kappa shape index (κ1) is 92.0. The highest BCUT2D eigenvalue weighted by Gasteiger charge is 2.52. The molecule has 18 heteroatoms. The molecule has 0 aliphatic carbocycles. The van der Waals surface area contributed by atoms with Crippen LogP contribution >= 0.6 is 0 Å². The maximum Gasteiger partial charge on any atom is 0.241 e. The van der Waals surface area contributed by atoms with Gasteiger partial charge in [-0.2, -0.15) is 0 Å². The highest BCUT2D eigenvalue weighted by atomic mass is 16.3. The number of phenolic OH excluding ortho intramolecular Hbond substituents is 3. The van der Waals surface area contributed by atoms with E-state index in [0.717, 1.165) is 163 Å². The number of aryl methyl sites for hydroxylation is 7. The second-order valence-electron chi connectivity index (χ2n) is 38.1. The number of fused-ring (bicyclic) bond motifs is 5. The Morgan fingerprint density at radius 2 is 0.423 bits per heavy atom. The maximum absolute atomic E-state index is 13.2. The molecule has 5 unspecified atom stereocenters. The maximum atomic E-state index is 13.2. The number of phenols is 3. The van der Waals surface area contributed by atoms with E-state index in [2.05, 4.69) is 199 Å². The van der Waals surface area contributed by atoms with Gasteiger partial charge < -0.3 is 39.8 Å². The molecule has 3 N–H and O–H groups in total. The second kappa shape index (κ2) is 42.8. The molecule has 0 radical (unpaired) electrons. The van der Waals surface area contributed by atoms with E-state index in [1.54, 1.807) is 12.1 Å². The zero-order valence-corrected chi connectivity index (χ0v) is 77.4. The van der Waals surface area contributed by atoms with E-state index >= 15 is 0 Å². The van der Waals surface area contributed by atoms with Gasteiger partial charge in [0.1, 0.15) is 17.2 Å². The minimum absolute atomic E-state index is 0.0245. The van der Waals surface area contributed by atoms with Gasteiger partial charge in [-0.1, -0.05) is 257 Å². The first-order valence-electron chi connectivity index (χ1n) is 48.1. The minimum Gasteiger partial charge on any atom is -0.508 e. The van der Waals surface area contributed by atoms with Gasteiger partial charge in [0.2, 0.25) is 29.5 Å². The van der Waals surface area contributed by atoms with Crippen molar-refractivity contribution in [2.24, 2.45) is 0 Å². The lowest BCUT2D eigenvalue weighted by Crippen LogP contribution is -2.44. The summed E-state index contributed by atoms with van der Waals surface area (Å²) in [7, 11) is 0. The average molecular weight is 1750 g/mol. The normalized spacial score (nSPS) is 23.3. The smallest absolute Gasteiger partial charge is 0.241 e. The van der Waals surface area contributed by atoms with E-state index in [1.807, 2.05) is 129 Å². The summed E-state index contributed by atoms with van der Waals surface area (Å²) in [6.07, 6.45) is 21.3. The van der Waals surface area contributed by atoms with E-state index in [1.165, 1.54) is 92.4 Å². The monoisotopic (exact) mass is 1750 g/mol. The van der Waals surface area contributed by atoms with Crippen LogP contribution in [0.25, 0.3) is 0 Å². The van der Waals surface area contributed by atoms with Crippen molar-refractivity contribution in [3.63, 3.8) is 0 Å². The van der Waals surface area contributed by atoms with Gasteiger partial charge in [-0.3, -0.25) is 48.5 Å². The van der Waals surface area contributed by atoms with E-state index < -0.39 is 0 Å². The Kier molecular flexibility index (Phi) is 30.3. The number of carbonyl (C=O) groups excluding carboxylic acids is 5. The van der Waals surface area contributed by atoms with Gasteiger partial charge in [0.05, 0.1) is 61.0 Å². The molecular formula is C112H134N10O8. The zero-order chi connectivity index (χ0) is 90.5. The highest BCUT2D eigenvalue weighted by Crippen LogP contribution is 2.40. The molecule has 20 rings (SSSR count). The Balaban J connectivity index is 0.000000119. The SMILES string of the molecule is Cc1cc(C[C@@H]2N(Cc3ccccc3)C(=O)C3CCCCN32)ccc1O.Cc1cc(C[C@H]2N(Cc3ccccc3)C(=O)C3CCCCN32)ccc1O.Cc1ccc(C[C@@H]2N(Cc3ccccc3)C(=O)C3CCCCN32)cc1C.Cc1ccc(C[C@H]2N(Cc3ccccc3)C(=O)C3CCCCN32)cc1C.Cc1ccc(C[C@H]2N(Cc3ccccc3)C(=O)C3CCCCN32)cc1O. The Bertz CT molecular complexity index is 4730. The fourth-order valence-electron chi connectivity index (χ4n) is 21.8. The van der Waals surface area contributed by atoms with Crippen LogP contribution in [0.3, 0.4) is 0 Å². The molecule has 10 aliphatic heterocycles. The second-order valence-corrected chi connectivity index (χ2v) is 38.1. The van der Waals surface area contributed by atoms with Crippen molar-refractivity contribution in [1.29, 1.82) is 0 Å². The molecule has 0 aromatic heterocycles. The van der Waals surface area contributed by atoms with Gasteiger partial charge in [-0.15, -0.1) is 0 Å². The summed E-state index contributed by atoms with van der Waals surface area (Å²) in [4.78, 5) is 88.1. The van der Waals surface area contributed by atoms with Crippen LogP contribution in [0.5, 0.6) is 17.2 Å². The van der Waals surface area contributed by atoms with Crippen molar-refractivity contribution in [2.45, 2.75) is 271 Å². The predicted octanol–water partition coefficient (Wildman–Crippen LogP) is 18.5. The molecule has 5 amide bonds. The van der Waals surface area contributed by atoms with Crippen molar-refractivity contribution < 1.29 is 39.3 Å². The molecule has 0 saturated carbocycles. The minimum atomic E-state index is 0.0245. The molecule has 0 spiro atoms. The fourth-order valence-corrected chi connectivity index (χ4v) is 21.8.